The van der Waals surface area contributed by atoms with E-state index >= 15 is 0 Å². The van der Waals surface area contributed by atoms with Crippen LogP contribution in [0.2, 0.25) is 0 Å². The minimum atomic E-state index is -0.175. The summed E-state index contributed by atoms with van der Waals surface area (Å²) in [4.78, 5) is 54.5. The average Bonchev–Trinajstić information content (AvgIpc) is 3.47. The van der Waals surface area contributed by atoms with E-state index in [9.17, 15) is 19.2 Å². The van der Waals surface area contributed by atoms with Gasteiger partial charge >= 0.3 is 0 Å². The number of nitrogens with zero attached hydrogens (tertiary/aromatic N) is 2. The van der Waals surface area contributed by atoms with Crippen molar-refractivity contribution in [3.05, 3.63) is 82.2 Å². The third-order valence-electron chi connectivity index (χ3n) is 8.31. The number of hydrogen-bond donors (Lipinski definition) is 0. The standard InChI is InChI=1S/C36H44N2O4/c1-3-5-7-9-11-13-15-31-33-34(36(42)37(31)29-21-17-27(25-39)18-22-29)32(16-14-12-10-8-6-4-2)38(35(33)41)30-23-19-28(26-40)20-24-30/h17-26H,3-16H2,1-2H3. The summed E-state index contributed by atoms with van der Waals surface area (Å²) >= 11 is 0. The first-order valence-electron chi connectivity index (χ1n) is 15.8. The van der Waals surface area contributed by atoms with Crippen LogP contribution in [0.15, 0.2) is 71.1 Å². The molecule has 2 heterocycles. The largest absolute Gasteiger partial charge is 0.298 e. The maximum atomic E-state index is 14.3. The van der Waals surface area contributed by atoms with E-state index in [4.69, 9.17) is 0 Å². The van der Waals surface area contributed by atoms with Crippen molar-refractivity contribution in [2.75, 3.05) is 9.80 Å². The Morgan fingerprint density at radius 3 is 1.17 bits per heavy atom. The second-order valence-electron chi connectivity index (χ2n) is 11.4. The Morgan fingerprint density at radius 1 is 0.500 bits per heavy atom. The second kappa shape index (κ2) is 15.4. The Bertz CT molecular complexity index is 1220. The highest BCUT2D eigenvalue weighted by molar-refractivity contribution is 6.30. The van der Waals surface area contributed by atoms with E-state index in [-0.39, 0.29) is 11.8 Å². The first-order chi connectivity index (χ1) is 20.5. The third kappa shape index (κ3) is 6.97. The number of amides is 2. The molecular weight excluding hydrogens is 524 g/mol. The summed E-state index contributed by atoms with van der Waals surface area (Å²) in [5.41, 5.74) is 4.95. The maximum absolute atomic E-state index is 14.3. The van der Waals surface area contributed by atoms with Crippen molar-refractivity contribution in [2.45, 2.75) is 104 Å². The van der Waals surface area contributed by atoms with Crippen LogP contribution < -0.4 is 9.80 Å². The highest BCUT2D eigenvalue weighted by atomic mass is 16.2. The molecule has 0 aromatic heterocycles. The van der Waals surface area contributed by atoms with Crippen molar-refractivity contribution >= 4 is 35.8 Å². The quantitative estimate of drug-likeness (QED) is 0.133. The number of benzene rings is 2. The lowest BCUT2D eigenvalue weighted by Gasteiger charge is -2.25. The van der Waals surface area contributed by atoms with E-state index in [2.05, 4.69) is 13.8 Å². The van der Waals surface area contributed by atoms with Crippen LogP contribution in [0.1, 0.15) is 124 Å². The molecule has 0 saturated carbocycles. The fourth-order valence-corrected chi connectivity index (χ4v) is 6.01. The van der Waals surface area contributed by atoms with Gasteiger partial charge in [-0.1, -0.05) is 78.1 Å². The van der Waals surface area contributed by atoms with E-state index in [0.29, 0.717) is 46.5 Å². The number of allylic oxidation sites excluding steroid dienone is 2. The number of aldehydes is 2. The number of rotatable bonds is 18. The third-order valence-corrected chi connectivity index (χ3v) is 8.31. The van der Waals surface area contributed by atoms with Gasteiger partial charge in [0.05, 0.1) is 11.1 Å². The number of anilines is 2. The number of carbonyl (C=O) groups is 4. The van der Waals surface area contributed by atoms with Gasteiger partial charge in [0.1, 0.15) is 12.6 Å². The number of unbranched alkanes of at least 4 members (excludes halogenated alkanes) is 10. The van der Waals surface area contributed by atoms with Gasteiger partial charge in [-0.15, -0.1) is 0 Å². The molecule has 42 heavy (non-hydrogen) atoms. The highest BCUT2D eigenvalue weighted by Crippen LogP contribution is 2.46. The summed E-state index contributed by atoms with van der Waals surface area (Å²) in [5, 5.41) is 0. The summed E-state index contributed by atoms with van der Waals surface area (Å²) in [6.07, 6.45) is 16.1. The molecule has 6 nitrogen and oxygen atoms in total. The summed E-state index contributed by atoms with van der Waals surface area (Å²) < 4.78 is 0. The second-order valence-corrected chi connectivity index (χ2v) is 11.4. The zero-order chi connectivity index (χ0) is 29.9. The van der Waals surface area contributed by atoms with E-state index in [0.717, 1.165) is 62.5 Å². The van der Waals surface area contributed by atoms with Crippen LogP contribution in [0.3, 0.4) is 0 Å². The van der Waals surface area contributed by atoms with Crippen molar-refractivity contribution in [1.82, 2.24) is 0 Å². The molecule has 0 unspecified atom stereocenters. The minimum Gasteiger partial charge on any atom is -0.298 e. The number of hydrogen-bond acceptors (Lipinski definition) is 4. The summed E-state index contributed by atoms with van der Waals surface area (Å²) in [5.74, 6) is -0.350. The van der Waals surface area contributed by atoms with Gasteiger partial charge < -0.3 is 0 Å². The normalized spacial score (nSPS) is 14.8. The first-order valence-corrected chi connectivity index (χ1v) is 15.8. The van der Waals surface area contributed by atoms with E-state index < -0.39 is 0 Å². The molecular formula is C36H44N2O4. The van der Waals surface area contributed by atoms with Crippen LogP contribution >= 0.6 is 0 Å². The Balaban J connectivity index is 1.72. The lowest BCUT2D eigenvalue weighted by Crippen LogP contribution is -2.31. The highest BCUT2D eigenvalue weighted by Gasteiger charge is 2.48. The maximum Gasteiger partial charge on any atom is 0.265 e. The zero-order valence-electron chi connectivity index (χ0n) is 25.2. The van der Waals surface area contributed by atoms with Gasteiger partial charge in [0.2, 0.25) is 0 Å². The molecule has 2 aromatic rings. The van der Waals surface area contributed by atoms with Crippen LogP contribution in [-0.4, -0.2) is 24.4 Å². The molecule has 0 radical (unpaired) electrons. The minimum absolute atomic E-state index is 0.175. The fourth-order valence-electron chi connectivity index (χ4n) is 6.01. The lowest BCUT2D eigenvalue weighted by molar-refractivity contribution is -0.115. The van der Waals surface area contributed by atoms with Crippen molar-refractivity contribution in [3.8, 4) is 0 Å². The average molecular weight is 569 g/mol. The number of carbonyl (C=O) groups excluding carboxylic acids is 4. The molecule has 0 aliphatic carbocycles. The fraction of sp³-hybridized carbons (Fsp3) is 0.444. The summed E-state index contributed by atoms with van der Waals surface area (Å²) in [7, 11) is 0. The van der Waals surface area contributed by atoms with Crippen LogP contribution in [0.25, 0.3) is 0 Å². The summed E-state index contributed by atoms with van der Waals surface area (Å²) in [6.45, 7) is 4.40. The predicted octanol–water partition coefficient (Wildman–Crippen LogP) is 8.71. The predicted molar refractivity (Wildman–Crippen MR) is 169 cm³/mol. The van der Waals surface area contributed by atoms with Crippen molar-refractivity contribution in [2.24, 2.45) is 0 Å². The summed E-state index contributed by atoms with van der Waals surface area (Å²) in [6, 6.07) is 14.0. The molecule has 0 N–H and O–H groups in total. The Morgan fingerprint density at radius 2 is 0.833 bits per heavy atom. The number of fused-ring (bicyclic) bond motifs is 1. The van der Waals surface area contributed by atoms with Crippen molar-refractivity contribution < 1.29 is 19.2 Å². The SMILES string of the molecule is CCCCCCCCC1=C2C(=O)N(c3ccc(C=O)cc3)C(CCCCCCCC)=C2C(=O)N1c1ccc(C=O)cc1. The van der Waals surface area contributed by atoms with E-state index in [1.165, 1.54) is 38.5 Å². The van der Waals surface area contributed by atoms with Gasteiger partial charge in [0, 0.05) is 33.9 Å². The molecule has 0 fully saturated rings. The van der Waals surface area contributed by atoms with Crippen molar-refractivity contribution in [1.29, 1.82) is 0 Å². The van der Waals surface area contributed by atoms with Gasteiger partial charge in [0.15, 0.2) is 0 Å². The van der Waals surface area contributed by atoms with Gasteiger partial charge in [-0.2, -0.15) is 0 Å². The zero-order valence-corrected chi connectivity index (χ0v) is 25.2. The van der Waals surface area contributed by atoms with Gasteiger partial charge in [0.25, 0.3) is 11.8 Å². The molecule has 4 rings (SSSR count). The molecule has 222 valence electrons. The molecule has 6 heteroatoms. The lowest BCUT2D eigenvalue weighted by atomic mass is 10.0. The Labute approximate surface area is 250 Å². The van der Waals surface area contributed by atoms with Crippen LogP contribution in [0.4, 0.5) is 11.4 Å². The Hall–Kier alpha value is -3.80. The van der Waals surface area contributed by atoms with Crippen molar-refractivity contribution in [3.63, 3.8) is 0 Å². The first kappa shape index (κ1) is 31.1. The van der Waals surface area contributed by atoms with Crippen LogP contribution in [0.5, 0.6) is 0 Å². The van der Waals surface area contributed by atoms with Gasteiger partial charge in [-0.05, 0) is 74.2 Å². The van der Waals surface area contributed by atoms with Crippen LogP contribution in [-0.2, 0) is 9.59 Å². The van der Waals surface area contributed by atoms with E-state index in [1.807, 2.05) is 0 Å². The van der Waals surface area contributed by atoms with Gasteiger partial charge in [-0.3, -0.25) is 29.0 Å². The molecule has 2 aromatic carbocycles. The molecule has 0 saturated heterocycles. The van der Waals surface area contributed by atoms with Gasteiger partial charge in [-0.25, -0.2) is 0 Å². The molecule has 2 aliphatic rings. The molecule has 0 spiro atoms. The smallest absolute Gasteiger partial charge is 0.265 e. The van der Waals surface area contributed by atoms with E-state index in [1.54, 1.807) is 58.3 Å². The molecule has 2 aliphatic heterocycles. The molecule has 0 atom stereocenters. The molecule has 0 bridgehead atoms. The topological polar surface area (TPSA) is 74.8 Å². The van der Waals surface area contributed by atoms with Crippen LogP contribution in [0, 0.1) is 0 Å². The monoisotopic (exact) mass is 568 g/mol. The molecule has 2 amide bonds. The Kier molecular flexibility index (Phi) is 11.4.